The number of fused-ring (bicyclic) bond motifs is 7. The van der Waals surface area contributed by atoms with Crippen molar-refractivity contribution in [3.8, 4) is 11.1 Å². The van der Waals surface area contributed by atoms with Crippen LogP contribution in [0.15, 0.2) is 170 Å². The van der Waals surface area contributed by atoms with E-state index in [4.69, 9.17) is 0 Å². The van der Waals surface area contributed by atoms with Crippen molar-refractivity contribution in [2.75, 3.05) is 14.7 Å². The van der Waals surface area contributed by atoms with Crippen molar-refractivity contribution in [3.05, 3.63) is 203 Å². The maximum absolute atomic E-state index is 2.58. The molecule has 0 fully saturated rings. The predicted octanol–water partition coefficient (Wildman–Crippen LogP) is 15.6. The Morgan fingerprint density at radius 1 is 0.478 bits per heavy atom. The third kappa shape index (κ3) is 6.94. The summed E-state index contributed by atoms with van der Waals surface area (Å²) in [4.78, 5) is 7.57. The van der Waals surface area contributed by atoms with Crippen LogP contribution in [0.2, 0.25) is 0 Å². The van der Waals surface area contributed by atoms with E-state index < -0.39 is 0 Å². The molecule has 2 aliphatic heterocycles. The van der Waals surface area contributed by atoms with E-state index in [1.807, 2.05) is 0 Å². The summed E-state index contributed by atoms with van der Waals surface area (Å²) in [6, 6.07) is 65.0. The highest BCUT2D eigenvalue weighted by Gasteiger charge is 2.45. The van der Waals surface area contributed by atoms with Crippen LogP contribution < -0.4 is 31.1 Å². The molecule has 3 aliphatic rings. The zero-order valence-corrected chi connectivity index (χ0v) is 41.2. The molecule has 4 heteroatoms. The van der Waals surface area contributed by atoms with Gasteiger partial charge in [0.15, 0.2) is 0 Å². The molecule has 0 unspecified atom stereocenters. The van der Waals surface area contributed by atoms with Crippen LogP contribution in [-0.4, -0.2) is 6.71 Å². The van der Waals surface area contributed by atoms with Gasteiger partial charge in [0.05, 0.1) is 0 Å². The first-order valence-corrected chi connectivity index (χ1v) is 24.3. The highest BCUT2D eigenvalue weighted by Crippen LogP contribution is 2.52. The molecule has 332 valence electrons. The number of nitrogens with zero attached hydrogens (tertiary/aromatic N) is 3. The molecule has 8 aromatic rings. The van der Waals surface area contributed by atoms with Crippen LogP contribution in [0, 0.1) is 6.92 Å². The molecule has 3 nitrogen and oxygen atoms in total. The summed E-state index contributed by atoms with van der Waals surface area (Å²) >= 11 is 0. The molecule has 0 spiro atoms. The molecule has 8 aromatic carbocycles. The minimum absolute atomic E-state index is 0.000998. The molecule has 0 radical (unpaired) electrons. The molecule has 0 saturated carbocycles. The van der Waals surface area contributed by atoms with E-state index in [2.05, 4.69) is 261 Å². The Morgan fingerprint density at radius 2 is 1.06 bits per heavy atom. The molecule has 11 rings (SSSR count). The van der Waals surface area contributed by atoms with E-state index in [-0.39, 0.29) is 23.0 Å². The van der Waals surface area contributed by atoms with E-state index in [0.717, 1.165) is 22.7 Å². The third-order valence-electron chi connectivity index (χ3n) is 15.0. The Labute approximate surface area is 399 Å². The topological polar surface area (TPSA) is 9.72 Å². The van der Waals surface area contributed by atoms with Gasteiger partial charge in [0.25, 0.3) is 6.71 Å². The fourth-order valence-electron chi connectivity index (χ4n) is 11.3. The second kappa shape index (κ2) is 15.4. The fourth-order valence-corrected chi connectivity index (χ4v) is 11.3. The summed E-state index contributed by atoms with van der Waals surface area (Å²) in [6.07, 6.45) is 0. The molecular weight excluding hydrogens is 810 g/mol. The standard InChI is InChI=1S/C63H62BN3/c1-40(2)42-21-26-46(27-22-42)65(45-17-13-12-14-18-45)49-31-33-54-57(39-49)66(47-28-23-43(24-29-47)61(4,5)6)58-35-41(3)36-59-60(58)64(54)55-37-44(62(7,8)9)25-34-56(55)67(59)48-30-32-51-50-19-15-16-20-52(50)63(10,11)53(51)38-48/h12-40H,1-11H3. The first kappa shape index (κ1) is 42.8. The Balaban J connectivity index is 1.18. The summed E-state index contributed by atoms with van der Waals surface area (Å²) in [6.45, 7) is 25.5. The smallest absolute Gasteiger partial charge is 0.252 e. The first-order chi connectivity index (χ1) is 32.0. The van der Waals surface area contributed by atoms with Crippen molar-refractivity contribution in [3.63, 3.8) is 0 Å². The highest BCUT2D eigenvalue weighted by molar-refractivity contribution is 7.00. The van der Waals surface area contributed by atoms with Crippen molar-refractivity contribution >= 4 is 74.3 Å². The van der Waals surface area contributed by atoms with E-state index in [0.29, 0.717) is 5.92 Å². The predicted molar refractivity (Wildman–Crippen MR) is 289 cm³/mol. The average Bonchev–Trinajstić information content (AvgIpc) is 3.53. The van der Waals surface area contributed by atoms with Crippen molar-refractivity contribution in [1.82, 2.24) is 0 Å². The van der Waals surface area contributed by atoms with Crippen molar-refractivity contribution < 1.29 is 0 Å². The Morgan fingerprint density at radius 3 is 1.73 bits per heavy atom. The van der Waals surface area contributed by atoms with Gasteiger partial charge < -0.3 is 14.7 Å². The Kier molecular flexibility index (Phi) is 9.84. The molecular formula is C63H62BN3. The summed E-state index contributed by atoms with van der Waals surface area (Å²) in [7, 11) is 0. The lowest BCUT2D eigenvalue weighted by atomic mass is 9.33. The zero-order valence-electron chi connectivity index (χ0n) is 41.2. The van der Waals surface area contributed by atoms with Crippen LogP contribution >= 0.6 is 0 Å². The molecule has 1 aliphatic carbocycles. The van der Waals surface area contributed by atoms with Crippen LogP contribution in [0.4, 0.5) is 51.2 Å². The molecule has 0 bridgehead atoms. The van der Waals surface area contributed by atoms with Gasteiger partial charge in [0.2, 0.25) is 0 Å². The van der Waals surface area contributed by atoms with Crippen LogP contribution in [-0.2, 0) is 16.2 Å². The summed E-state index contributed by atoms with van der Waals surface area (Å²) in [5.41, 5.74) is 25.2. The molecule has 2 heterocycles. The minimum atomic E-state index is -0.123. The van der Waals surface area contributed by atoms with Gasteiger partial charge in [0, 0.05) is 56.6 Å². The lowest BCUT2D eigenvalue weighted by molar-refractivity contribution is 0.590. The Hall–Kier alpha value is -6.78. The van der Waals surface area contributed by atoms with Gasteiger partial charge in [-0.25, -0.2) is 0 Å². The second-order valence-corrected chi connectivity index (χ2v) is 22.2. The molecule has 67 heavy (non-hydrogen) atoms. The monoisotopic (exact) mass is 872 g/mol. The van der Waals surface area contributed by atoms with Crippen LogP contribution in [0.3, 0.4) is 0 Å². The minimum Gasteiger partial charge on any atom is -0.311 e. The quantitative estimate of drug-likeness (QED) is 0.154. The summed E-state index contributed by atoms with van der Waals surface area (Å²) in [5, 5.41) is 0. The van der Waals surface area contributed by atoms with Gasteiger partial charge in [-0.1, -0.05) is 160 Å². The number of anilines is 9. The largest absolute Gasteiger partial charge is 0.311 e. The highest BCUT2D eigenvalue weighted by atomic mass is 15.2. The third-order valence-corrected chi connectivity index (χ3v) is 15.0. The van der Waals surface area contributed by atoms with Gasteiger partial charge in [-0.3, -0.25) is 0 Å². The Bertz CT molecular complexity index is 3220. The van der Waals surface area contributed by atoms with Gasteiger partial charge in [0.1, 0.15) is 0 Å². The zero-order chi connectivity index (χ0) is 46.7. The van der Waals surface area contributed by atoms with Crippen LogP contribution in [0.25, 0.3) is 11.1 Å². The van der Waals surface area contributed by atoms with E-state index in [1.54, 1.807) is 0 Å². The van der Waals surface area contributed by atoms with Gasteiger partial charge in [-0.05, 0) is 163 Å². The molecule has 0 N–H and O–H groups in total. The van der Waals surface area contributed by atoms with Crippen molar-refractivity contribution in [2.24, 2.45) is 0 Å². The number of rotatable bonds is 6. The average molecular weight is 872 g/mol. The van der Waals surface area contributed by atoms with Gasteiger partial charge in [-0.2, -0.15) is 0 Å². The molecule has 0 aromatic heterocycles. The number of benzene rings is 8. The summed E-state index contributed by atoms with van der Waals surface area (Å²) in [5.74, 6) is 0.453. The van der Waals surface area contributed by atoms with Gasteiger partial charge >= 0.3 is 0 Å². The second-order valence-electron chi connectivity index (χ2n) is 22.2. The first-order valence-electron chi connectivity index (χ1n) is 24.3. The van der Waals surface area contributed by atoms with Crippen molar-refractivity contribution in [2.45, 2.75) is 98.3 Å². The van der Waals surface area contributed by atoms with E-state index in [1.165, 1.54) is 89.3 Å². The lowest BCUT2D eigenvalue weighted by Crippen LogP contribution is -2.61. The maximum atomic E-state index is 2.58. The number of para-hydroxylation sites is 1. The summed E-state index contributed by atoms with van der Waals surface area (Å²) < 4.78 is 0. The van der Waals surface area contributed by atoms with Crippen LogP contribution in [0.1, 0.15) is 109 Å². The number of hydrogen-bond acceptors (Lipinski definition) is 3. The molecule has 0 saturated heterocycles. The van der Waals surface area contributed by atoms with E-state index >= 15 is 0 Å². The SMILES string of the molecule is Cc1cc2c3c(c1)N(c1ccc(C(C)(C)C)cc1)c1cc(N(c4ccccc4)c4ccc(C(C)C)cc4)ccc1B3c1cc(C(C)(C)C)ccc1N2c1ccc2c(c1)C(C)(C)c1ccccc1-2. The van der Waals surface area contributed by atoms with E-state index in [9.17, 15) is 0 Å². The fraction of sp³-hybridized carbons (Fsp3) is 0.238. The number of hydrogen-bond donors (Lipinski definition) is 0. The van der Waals surface area contributed by atoms with Crippen molar-refractivity contribution in [1.29, 1.82) is 0 Å². The number of aryl methyl sites for hydroxylation is 1. The molecule has 0 atom stereocenters. The lowest BCUT2D eigenvalue weighted by Gasteiger charge is -2.45. The molecule has 0 amide bonds. The van der Waals surface area contributed by atoms with Gasteiger partial charge in [-0.15, -0.1) is 0 Å². The normalized spacial score (nSPS) is 14.4. The van der Waals surface area contributed by atoms with Crippen LogP contribution in [0.5, 0.6) is 0 Å². The maximum Gasteiger partial charge on any atom is 0.252 e.